The molecule has 0 aliphatic carbocycles. The lowest BCUT2D eigenvalue weighted by molar-refractivity contribution is 0.779. The standard InChI is InChI=1S/C12H22/c1-5-7-11(3)9-10-12(4)8-6-2/h3-10H2,1-2H3. The van der Waals surface area contributed by atoms with Crippen molar-refractivity contribution in [1.29, 1.82) is 0 Å². The van der Waals surface area contributed by atoms with Crippen molar-refractivity contribution in [1.82, 2.24) is 0 Å². The fourth-order valence-corrected chi connectivity index (χ4v) is 1.31. The van der Waals surface area contributed by atoms with Crippen molar-refractivity contribution in [2.45, 2.75) is 52.4 Å². The molecule has 0 nitrogen and oxygen atoms in total. The molecule has 0 saturated heterocycles. The summed E-state index contributed by atoms with van der Waals surface area (Å²) in [7, 11) is 0. The van der Waals surface area contributed by atoms with Crippen LogP contribution in [0.25, 0.3) is 0 Å². The van der Waals surface area contributed by atoms with Crippen LogP contribution in [0, 0.1) is 0 Å². The topological polar surface area (TPSA) is 0 Å². The van der Waals surface area contributed by atoms with Gasteiger partial charge in [0.2, 0.25) is 0 Å². The molecule has 0 aromatic carbocycles. The molecular formula is C12H22. The van der Waals surface area contributed by atoms with E-state index in [1.165, 1.54) is 36.8 Å². The zero-order valence-electron chi connectivity index (χ0n) is 8.66. The first-order chi connectivity index (χ1) is 5.70. The highest BCUT2D eigenvalue weighted by Gasteiger charge is 1.96. The van der Waals surface area contributed by atoms with Gasteiger partial charge in [-0.3, -0.25) is 0 Å². The first-order valence-electron chi connectivity index (χ1n) is 5.04. The van der Waals surface area contributed by atoms with E-state index in [-0.39, 0.29) is 0 Å². The molecule has 0 spiro atoms. The number of hydrogen-bond donors (Lipinski definition) is 0. The summed E-state index contributed by atoms with van der Waals surface area (Å²) >= 11 is 0. The zero-order valence-corrected chi connectivity index (χ0v) is 8.66. The van der Waals surface area contributed by atoms with E-state index in [1.54, 1.807) is 0 Å². The molecule has 0 aromatic heterocycles. The van der Waals surface area contributed by atoms with Crippen LogP contribution in [0.3, 0.4) is 0 Å². The Morgan fingerprint density at radius 3 is 1.33 bits per heavy atom. The summed E-state index contributed by atoms with van der Waals surface area (Å²) in [6.45, 7) is 12.5. The Morgan fingerprint density at radius 2 is 1.08 bits per heavy atom. The summed E-state index contributed by atoms with van der Waals surface area (Å²) in [5.74, 6) is 0. The second-order valence-corrected chi connectivity index (χ2v) is 3.50. The summed E-state index contributed by atoms with van der Waals surface area (Å²) in [4.78, 5) is 0. The monoisotopic (exact) mass is 166 g/mol. The van der Waals surface area contributed by atoms with Crippen molar-refractivity contribution < 1.29 is 0 Å². The molecule has 0 aliphatic rings. The van der Waals surface area contributed by atoms with Crippen LogP contribution in [0.15, 0.2) is 24.3 Å². The molecule has 0 saturated carbocycles. The van der Waals surface area contributed by atoms with Gasteiger partial charge in [0.1, 0.15) is 0 Å². The van der Waals surface area contributed by atoms with Crippen molar-refractivity contribution >= 4 is 0 Å². The van der Waals surface area contributed by atoms with Gasteiger partial charge in [-0.2, -0.15) is 0 Å². The molecule has 70 valence electrons. The smallest absolute Gasteiger partial charge is 0.0286 e. The zero-order chi connectivity index (χ0) is 9.40. The fraction of sp³-hybridized carbons (Fsp3) is 0.667. The maximum atomic E-state index is 4.04. The Hall–Kier alpha value is -0.520. The molecule has 0 fully saturated rings. The molecule has 0 N–H and O–H groups in total. The van der Waals surface area contributed by atoms with E-state index in [0.29, 0.717) is 0 Å². The highest BCUT2D eigenvalue weighted by atomic mass is 14.0. The van der Waals surface area contributed by atoms with Gasteiger partial charge in [0.05, 0.1) is 0 Å². The normalized spacial score (nSPS) is 9.83. The fourth-order valence-electron chi connectivity index (χ4n) is 1.31. The maximum Gasteiger partial charge on any atom is -0.0286 e. The summed E-state index contributed by atoms with van der Waals surface area (Å²) < 4.78 is 0. The van der Waals surface area contributed by atoms with Crippen LogP contribution in [0.2, 0.25) is 0 Å². The highest BCUT2D eigenvalue weighted by molar-refractivity contribution is 5.01. The van der Waals surface area contributed by atoms with Crippen molar-refractivity contribution in [2.24, 2.45) is 0 Å². The van der Waals surface area contributed by atoms with Gasteiger partial charge in [-0.25, -0.2) is 0 Å². The number of hydrogen-bond acceptors (Lipinski definition) is 0. The van der Waals surface area contributed by atoms with Crippen molar-refractivity contribution in [3.8, 4) is 0 Å². The van der Waals surface area contributed by atoms with Crippen LogP contribution in [-0.4, -0.2) is 0 Å². The molecule has 0 unspecified atom stereocenters. The van der Waals surface area contributed by atoms with Crippen molar-refractivity contribution in [2.75, 3.05) is 0 Å². The van der Waals surface area contributed by atoms with E-state index in [0.717, 1.165) is 12.8 Å². The number of allylic oxidation sites excluding steroid dienone is 2. The van der Waals surface area contributed by atoms with Crippen LogP contribution in [0.4, 0.5) is 0 Å². The van der Waals surface area contributed by atoms with Gasteiger partial charge in [-0.15, -0.1) is 0 Å². The minimum Gasteiger partial charge on any atom is -0.0999 e. The van der Waals surface area contributed by atoms with E-state index < -0.39 is 0 Å². The molecule has 12 heavy (non-hydrogen) atoms. The Morgan fingerprint density at radius 1 is 0.750 bits per heavy atom. The summed E-state index contributed by atoms with van der Waals surface area (Å²) in [6, 6.07) is 0. The van der Waals surface area contributed by atoms with Gasteiger partial charge in [-0.1, -0.05) is 51.0 Å². The van der Waals surface area contributed by atoms with Gasteiger partial charge in [0, 0.05) is 0 Å². The summed E-state index contributed by atoms with van der Waals surface area (Å²) in [5, 5.41) is 0. The lowest BCUT2D eigenvalue weighted by Gasteiger charge is -2.05. The maximum absolute atomic E-state index is 4.04. The predicted octanol–water partition coefficient (Wildman–Crippen LogP) is 4.48. The SMILES string of the molecule is C=C(CCC)CCC(=C)CCC. The Balaban J connectivity index is 3.40. The molecule has 0 heterocycles. The largest absolute Gasteiger partial charge is 0.0999 e. The second kappa shape index (κ2) is 7.15. The second-order valence-electron chi connectivity index (χ2n) is 3.50. The molecule has 0 aliphatic heterocycles. The third-order valence-corrected chi connectivity index (χ3v) is 2.04. The van der Waals surface area contributed by atoms with Crippen molar-refractivity contribution in [3.63, 3.8) is 0 Å². The summed E-state index contributed by atoms with van der Waals surface area (Å²) in [5.41, 5.74) is 2.77. The molecule has 0 bridgehead atoms. The van der Waals surface area contributed by atoms with Gasteiger partial charge in [0.25, 0.3) is 0 Å². The molecule has 0 rings (SSSR count). The van der Waals surface area contributed by atoms with E-state index in [2.05, 4.69) is 27.0 Å². The lowest BCUT2D eigenvalue weighted by atomic mass is 10.0. The van der Waals surface area contributed by atoms with Gasteiger partial charge < -0.3 is 0 Å². The first kappa shape index (κ1) is 11.5. The summed E-state index contributed by atoms with van der Waals surface area (Å²) in [6.07, 6.45) is 7.09. The van der Waals surface area contributed by atoms with E-state index >= 15 is 0 Å². The Kier molecular flexibility index (Phi) is 6.84. The average molecular weight is 166 g/mol. The van der Waals surface area contributed by atoms with E-state index in [9.17, 15) is 0 Å². The first-order valence-corrected chi connectivity index (χ1v) is 5.04. The molecular weight excluding hydrogens is 144 g/mol. The molecule has 0 amide bonds. The van der Waals surface area contributed by atoms with E-state index in [1.807, 2.05) is 0 Å². The highest BCUT2D eigenvalue weighted by Crippen LogP contribution is 2.16. The molecule has 0 atom stereocenters. The lowest BCUT2D eigenvalue weighted by Crippen LogP contribution is -1.85. The predicted molar refractivity (Wildman–Crippen MR) is 57.3 cm³/mol. The third-order valence-electron chi connectivity index (χ3n) is 2.04. The van der Waals surface area contributed by atoms with Crippen LogP contribution in [0.1, 0.15) is 52.4 Å². The minimum atomic E-state index is 1.15. The van der Waals surface area contributed by atoms with Gasteiger partial charge in [0.15, 0.2) is 0 Å². The Labute approximate surface area is 77.4 Å². The minimum absolute atomic E-state index is 1.15. The number of rotatable bonds is 7. The van der Waals surface area contributed by atoms with Gasteiger partial charge >= 0.3 is 0 Å². The van der Waals surface area contributed by atoms with Crippen LogP contribution >= 0.6 is 0 Å². The van der Waals surface area contributed by atoms with Crippen LogP contribution in [0.5, 0.6) is 0 Å². The molecule has 0 radical (unpaired) electrons. The quantitative estimate of drug-likeness (QED) is 0.489. The molecule has 0 heteroatoms. The van der Waals surface area contributed by atoms with Crippen molar-refractivity contribution in [3.05, 3.63) is 24.3 Å². The van der Waals surface area contributed by atoms with E-state index in [4.69, 9.17) is 0 Å². The van der Waals surface area contributed by atoms with Crippen LogP contribution in [-0.2, 0) is 0 Å². The van der Waals surface area contributed by atoms with Crippen LogP contribution < -0.4 is 0 Å². The Bertz CT molecular complexity index is 124. The average Bonchev–Trinajstić information content (AvgIpc) is 2.02. The molecule has 0 aromatic rings. The third kappa shape index (κ3) is 6.21. The van der Waals surface area contributed by atoms with Gasteiger partial charge in [-0.05, 0) is 25.7 Å².